The number of carbonyl (C=O) groups is 2. The number of benzene rings is 1. The molecule has 2 fully saturated rings. The van der Waals surface area contributed by atoms with E-state index >= 15 is 13.2 Å². The van der Waals surface area contributed by atoms with Crippen molar-refractivity contribution in [1.29, 1.82) is 0 Å². The summed E-state index contributed by atoms with van der Waals surface area (Å²) in [5.74, 6) is -7.73. The maximum Gasteiger partial charge on any atom is 0.338 e. The Balaban J connectivity index is 1.51. The number of fused-ring (bicyclic) bond motifs is 1. The molecule has 0 saturated carbocycles. The fourth-order valence-corrected chi connectivity index (χ4v) is 6.17. The standard InChI is InChI=1S/C28H30F5N5O5S/c1-13-14(5-6-15(29)20(13)31)21-19(25(39)42-4)16(35-23(36-21)24-34-7-8-44-24)9-37-12-28(32,33)22-17(37)11-43-38(22)10-18(30)27(2,3)26(40)41/h5-8,17-18,21-22H,9-12H2,1-4H3,(H,35,36)(H,40,41)/t17-,18+,21-,22+/m0/s1. The lowest BCUT2D eigenvalue weighted by atomic mass is 9.87. The van der Waals surface area contributed by atoms with Crippen LogP contribution in [0.1, 0.15) is 36.0 Å². The van der Waals surface area contributed by atoms with Gasteiger partial charge in [0.1, 0.15) is 18.3 Å². The second-order valence-corrected chi connectivity index (χ2v) is 12.3. The number of hydrogen-bond acceptors (Lipinski definition) is 10. The summed E-state index contributed by atoms with van der Waals surface area (Å²) in [6.07, 6.45) is -0.504. The summed E-state index contributed by atoms with van der Waals surface area (Å²) in [6.45, 7) is 1.64. The molecule has 0 aliphatic carbocycles. The minimum atomic E-state index is -3.41. The Morgan fingerprint density at radius 1 is 1.32 bits per heavy atom. The number of likely N-dealkylation sites (tertiary alicyclic amines) is 1. The molecule has 5 rings (SSSR count). The van der Waals surface area contributed by atoms with Gasteiger partial charge >= 0.3 is 11.9 Å². The van der Waals surface area contributed by atoms with E-state index in [9.17, 15) is 23.5 Å². The van der Waals surface area contributed by atoms with Crippen LogP contribution in [0.2, 0.25) is 0 Å². The van der Waals surface area contributed by atoms with E-state index in [0.29, 0.717) is 5.01 Å². The molecule has 2 saturated heterocycles. The molecule has 16 heteroatoms. The van der Waals surface area contributed by atoms with Crippen molar-refractivity contribution in [2.75, 3.05) is 33.4 Å². The van der Waals surface area contributed by atoms with E-state index in [1.807, 2.05) is 0 Å². The minimum Gasteiger partial charge on any atom is -0.481 e. The van der Waals surface area contributed by atoms with Gasteiger partial charge in [0.2, 0.25) is 0 Å². The lowest BCUT2D eigenvalue weighted by Crippen LogP contribution is -2.50. The molecule has 3 aliphatic heterocycles. The number of alkyl halides is 3. The number of hydroxylamine groups is 2. The third-order valence-electron chi connectivity index (χ3n) is 8.28. The summed E-state index contributed by atoms with van der Waals surface area (Å²) < 4.78 is 79.8. The number of nitrogens with zero attached hydrogens (tertiary/aromatic N) is 4. The first-order valence-electron chi connectivity index (χ1n) is 13.6. The molecule has 44 heavy (non-hydrogen) atoms. The van der Waals surface area contributed by atoms with E-state index in [-0.39, 0.29) is 41.4 Å². The largest absolute Gasteiger partial charge is 0.481 e. The summed E-state index contributed by atoms with van der Waals surface area (Å²) in [5.41, 5.74) is -1.77. The van der Waals surface area contributed by atoms with Crippen LogP contribution in [0.15, 0.2) is 40.0 Å². The Kier molecular flexibility index (Phi) is 8.56. The number of hydrogen-bond donors (Lipinski definition) is 2. The number of methoxy groups -OCH3 is 1. The number of carboxylic acid groups (broad SMARTS) is 1. The maximum atomic E-state index is 15.5. The first-order valence-corrected chi connectivity index (χ1v) is 14.4. The number of thiazole rings is 1. The minimum absolute atomic E-state index is 0.0995. The van der Waals surface area contributed by atoms with Crippen molar-refractivity contribution in [3.63, 3.8) is 0 Å². The summed E-state index contributed by atoms with van der Waals surface area (Å²) in [7, 11) is 1.12. The number of carboxylic acids is 1. The molecule has 0 bridgehead atoms. The van der Waals surface area contributed by atoms with Crippen LogP contribution < -0.4 is 5.32 Å². The van der Waals surface area contributed by atoms with Crippen molar-refractivity contribution in [3.05, 3.63) is 62.7 Å². The normalized spacial score (nSPS) is 24.6. The van der Waals surface area contributed by atoms with Crippen molar-refractivity contribution in [3.8, 4) is 0 Å². The lowest BCUT2D eigenvalue weighted by Gasteiger charge is -2.31. The molecule has 1 aromatic heterocycles. The van der Waals surface area contributed by atoms with Gasteiger partial charge in [-0.3, -0.25) is 19.5 Å². The zero-order chi connectivity index (χ0) is 32.1. The molecule has 2 N–H and O–H groups in total. The summed E-state index contributed by atoms with van der Waals surface area (Å²) in [5, 5.41) is 15.3. The van der Waals surface area contributed by atoms with Crippen LogP contribution in [0, 0.1) is 24.0 Å². The van der Waals surface area contributed by atoms with Crippen LogP contribution in [0.3, 0.4) is 0 Å². The van der Waals surface area contributed by atoms with Crippen LogP contribution in [0.25, 0.3) is 0 Å². The molecule has 4 heterocycles. The lowest BCUT2D eigenvalue weighted by molar-refractivity contribution is -0.196. The quantitative estimate of drug-likeness (QED) is 0.312. The number of aliphatic imine (C=N–C) groups is 1. The Bertz CT molecular complexity index is 1520. The van der Waals surface area contributed by atoms with E-state index in [1.54, 1.807) is 5.38 Å². The highest BCUT2D eigenvalue weighted by Gasteiger charge is 2.61. The van der Waals surface area contributed by atoms with Gasteiger partial charge in [-0.2, -0.15) is 5.06 Å². The van der Waals surface area contributed by atoms with Crippen LogP contribution in [-0.2, 0) is 19.2 Å². The van der Waals surface area contributed by atoms with Gasteiger partial charge in [0.15, 0.2) is 22.5 Å². The van der Waals surface area contributed by atoms with Crippen molar-refractivity contribution in [2.24, 2.45) is 10.4 Å². The van der Waals surface area contributed by atoms with Crippen molar-refractivity contribution < 1.29 is 46.2 Å². The number of aliphatic carboxylic acids is 1. The highest BCUT2D eigenvalue weighted by atomic mass is 32.1. The Hall–Kier alpha value is -3.47. The van der Waals surface area contributed by atoms with E-state index < -0.39 is 72.3 Å². The number of rotatable bonds is 9. The van der Waals surface area contributed by atoms with Gasteiger partial charge in [-0.05, 0) is 38.0 Å². The first kappa shape index (κ1) is 31.9. The Morgan fingerprint density at radius 3 is 2.68 bits per heavy atom. The third-order valence-corrected chi connectivity index (χ3v) is 9.06. The van der Waals surface area contributed by atoms with Gasteiger partial charge in [-0.15, -0.1) is 11.3 Å². The topological polar surface area (TPSA) is 117 Å². The molecule has 238 valence electrons. The van der Waals surface area contributed by atoms with E-state index in [4.69, 9.17) is 9.57 Å². The predicted molar refractivity (Wildman–Crippen MR) is 148 cm³/mol. The number of nitrogens with one attached hydrogen (secondary N) is 1. The molecule has 0 amide bonds. The Labute approximate surface area is 253 Å². The predicted octanol–water partition coefficient (Wildman–Crippen LogP) is 3.63. The second-order valence-electron chi connectivity index (χ2n) is 11.4. The molecule has 3 aliphatic rings. The molecule has 1 aromatic carbocycles. The monoisotopic (exact) mass is 643 g/mol. The molecule has 0 radical (unpaired) electrons. The number of carbonyl (C=O) groups excluding carboxylic acids is 1. The first-order chi connectivity index (χ1) is 20.7. The van der Waals surface area contributed by atoms with Gasteiger partial charge in [-0.25, -0.2) is 31.7 Å². The molecule has 0 unspecified atom stereocenters. The van der Waals surface area contributed by atoms with Gasteiger partial charge in [0.05, 0.1) is 43.8 Å². The van der Waals surface area contributed by atoms with Gasteiger partial charge in [0.25, 0.3) is 5.92 Å². The van der Waals surface area contributed by atoms with Gasteiger partial charge < -0.3 is 15.2 Å². The number of ether oxygens (including phenoxy) is 1. The van der Waals surface area contributed by atoms with Crippen molar-refractivity contribution >= 4 is 29.1 Å². The number of esters is 1. The van der Waals surface area contributed by atoms with Crippen LogP contribution in [-0.4, -0.2) is 95.4 Å². The van der Waals surface area contributed by atoms with Gasteiger partial charge in [0, 0.05) is 23.8 Å². The number of amidine groups is 1. The van der Waals surface area contributed by atoms with E-state index in [2.05, 4.69) is 15.3 Å². The molecular weight excluding hydrogens is 613 g/mol. The van der Waals surface area contributed by atoms with Gasteiger partial charge in [-0.1, -0.05) is 6.07 Å². The Morgan fingerprint density at radius 2 is 2.05 bits per heavy atom. The zero-order valence-electron chi connectivity index (χ0n) is 24.1. The van der Waals surface area contributed by atoms with Crippen LogP contribution in [0.5, 0.6) is 0 Å². The molecule has 2 aromatic rings. The fourth-order valence-electron chi connectivity index (χ4n) is 5.58. The highest BCUT2D eigenvalue weighted by molar-refractivity contribution is 7.11. The van der Waals surface area contributed by atoms with E-state index in [1.165, 1.54) is 35.4 Å². The third kappa shape index (κ3) is 5.59. The summed E-state index contributed by atoms with van der Waals surface area (Å²) >= 11 is 1.21. The molecule has 10 nitrogen and oxygen atoms in total. The van der Waals surface area contributed by atoms with Crippen LogP contribution in [0.4, 0.5) is 22.0 Å². The molecule has 0 spiro atoms. The second kappa shape index (κ2) is 11.8. The van der Waals surface area contributed by atoms with E-state index in [0.717, 1.165) is 32.1 Å². The highest BCUT2D eigenvalue weighted by Crippen LogP contribution is 2.43. The summed E-state index contributed by atoms with van der Waals surface area (Å²) in [4.78, 5) is 40.4. The van der Waals surface area contributed by atoms with Crippen LogP contribution >= 0.6 is 11.3 Å². The zero-order valence-corrected chi connectivity index (χ0v) is 24.9. The number of halogens is 5. The maximum absolute atomic E-state index is 15.5. The smallest absolute Gasteiger partial charge is 0.338 e. The average molecular weight is 644 g/mol. The van der Waals surface area contributed by atoms with Crippen molar-refractivity contribution in [1.82, 2.24) is 20.3 Å². The fraction of sp³-hybridized carbons (Fsp3) is 0.500. The number of aromatic nitrogens is 1. The average Bonchev–Trinajstić information content (AvgIpc) is 3.70. The summed E-state index contributed by atoms with van der Waals surface area (Å²) in [6, 6.07) is -1.57. The molecular formula is C28H30F5N5O5S. The van der Waals surface area contributed by atoms with Crippen molar-refractivity contribution in [2.45, 2.75) is 51.0 Å². The molecule has 4 atom stereocenters. The SMILES string of the molecule is COC(=O)C1=C(CN2CC(F)(F)[C@H]3[C@@H]2CON3C[C@@H](F)C(C)(C)C(=O)O)NC(c2nccs2)=N[C@H]1c1ccc(F)c(F)c1C.